The van der Waals surface area contributed by atoms with Gasteiger partial charge in [0.1, 0.15) is 18.2 Å². The summed E-state index contributed by atoms with van der Waals surface area (Å²) in [4.78, 5) is 0. The maximum atomic E-state index is 6.21. The lowest BCUT2D eigenvalue weighted by Crippen LogP contribution is -2.01. The van der Waals surface area contributed by atoms with Crippen molar-refractivity contribution >= 4 is 74.4 Å². The molecule has 0 spiro atoms. The van der Waals surface area contributed by atoms with Crippen molar-refractivity contribution in [1.29, 1.82) is 0 Å². The highest BCUT2D eigenvalue weighted by molar-refractivity contribution is 14.1. The predicted molar refractivity (Wildman–Crippen MR) is 135 cm³/mol. The van der Waals surface area contributed by atoms with Crippen molar-refractivity contribution < 1.29 is 4.74 Å². The van der Waals surface area contributed by atoms with E-state index in [2.05, 4.69) is 103 Å². The SMILES string of the molecule is Cc1n[nH]c(=S)n1/N=C\c1cc(I)c(OCc2cccc3ccccc23)c(I)c1. The highest BCUT2D eigenvalue weighted by Crippen LogP contribution is 2.30. The first-order valence-corrected chi connectivity index (χ1v) is 11.4. The molecule has 5 nitrogen and oxygen atoms in total. The van der Waals surface area contributed by atoms with Crippen molar-refractivity contribution in [2.45, 2.75) is 13.5 Å². The third kappa shape index (κ3) is 4.53. The number of hydrogen-bond acceptors (Lipinski definition) is 4. The van der Waals surface area contributed by atoms with Crippen LogP contribution in [-0.4, -0.2) is 21.1 Å². The minimum Gasteiger partial charge on any atom is -0.487 e. The van der Waals surface area contributed by atoms with Crippen LogP contribution in [0.4, 0.5) is 0 Å². The van der Waals surface area contributed by atoms with Crippen LogP contribution in [0, 0.1) is 18.8 Å². The maximum absolute atomic E-state index is 6.21. The molecule has 4 aromatic rings. The molecule has 0 saturated heterocycles. The zero-order valence-electron chi connectivity index (χ0n) is 15.4. The lowest BCUT2D eigenvalue weighted by molar-refractivity contribution is 0.303. The van der Waals surface area contributed by atoms with Gasteiger partial charge in [-0.1, -0.05) is 42.5 Å². The van der Waals surface area contributed by atoms with Crippen LogP contribution in [0.2, 0.25) is 0 Å². The summed E-state index contributed by atoms with van der Waals surface area (Å²) >= 11 is 9.79. The summed E-state index contributed by atoms with van der Waals surface area (Å²) < 4.78 is 10.3. The maximum Gasteiger partial charge on any atom is 0.216 e. The molecule has 0 fully saturated rings. The van der Waals surface area contributed by atoms with Crippen LogP contribution < -0.4 is 4.74 Å². The molecule has 29 heavy (non-hydrogen) atoms. The molecule has 1 aromatic heterocycles. The molecule has 0 saturated carbocycles. The van der Waals surface area contributed by atoms with Gasteiger partial charge in [0, 0.05) is 0 Å². The number of aromatic amines is 1. The molecule has 0 bridgehead atoms. The molecule has 146 valence electrons. The van der Waals surface area contributed by atoms with E-state index < -0.39 is 0 Å². The molecule has 1 heterocycles. The zero-order valence-corrected chi connectivity index (χ0v) is 20.5. The highest BCUT2D eigenvalue weighted by atomic mass is 127. The molecule has 0 aliphatic rings. The number of ether oxygens (including phenoxy) is 1. The van der Waals surface area contributed by atoms with Gasteiger partial charge in [-0.3, -0.25) is 5.10 Å². The average Bonchev–Trinajstić information content (AvgIpc) is 3.03. The van der Waals surface area contributed by atoms with Gasteiger partial charge in [-0.25, -0.2) is 0 Å². The lowest BCUT2D eigenvalue weighted by atomic mass is 10.1. The fourth-order valence-corrected chi connectivity index (χ4v) is 5.34. The van der Waals surface area contributed by atoms with Gasteiger partial charge in [-0.05, 0) is 98.4 Å². The Morgan fingerprint density at radius 3 is 2.59 bits per heavy atom. The Bertz CT molecular complexity index is 1250. The van der Waals surface area contributed by atoms with E-state index in [0.717, 1.165) is 18.5 Å². The molecule has 3 aromatic carbocycles. The van der Waals surface area contributed by atoms with Crippen molar-refractivity contribution in [2.75, 3.05) is 0 Å². The van der Waals surface area contributed by atoms with E-state index in [1.807, 2.05) is 19.1 Å². The van der Waals surface area contributed by atoms with Crippen LogP contribution >= 0.6 is 57.4 Å². The van der Waals surface area contributed by atoms with Crippen LogP contribution in [0.25, 0.3) is 10.8 Å². The minimum absolute atomic E-state index is 0.471. The van der Waals surface area contributed by atoms with E-state index in [1.54, 1.807) is 10.9 Å². The second-order valence-electron chi connectivity index (χ2n) is 6.37. The van der Waals surface area contributed by atoms with Crippen molar-refractivity contribution in [3.05, 3.63) is 83.5 Å². The van der Waals surface area contributed by atoms with Crippen LogP contribution in [0.3, 0.4) is 0 Å². The minimum atomic E-state index is 0.471. The molecule has 0 unspecified atom stereocenters. The van der Waals surface area contributed by atoms with E-state index >= 15 is 0 Å². The molecule has 0 aliphatic carbocycles. The van der Waals surface area contributed by atoms with Crippen molar-refractivity contribution in [2.24, 2.45) is 5.10 Å². The smallest absolute Gasteiger partial charge is 0.216 e. The van der Waals surface area contributed by atoms with E-state index in [9.17, 15) is 0 Å². The standard InChI is InChI=1S/C21H16I2N4OS/c1-13-25-26-21(29)27(13)24-11-14-9-18(22)20(19(23)10-14)28-12-16-7-4-6-15-5-2-3-8-17(15)16/h2-11H,12H2,1H3,(H,26,29)/b24-11-. The van der Waals surface area contributed by atoms with Crippen LogP contribution in [-0.2, 0) is 6.61 Å². The fourth-order valence-electron chi connectivity index (χ4n) is 2.99. The average molecular weight is 626 g/mol. The van der Waals surface area contributed by atoms with Crippen molar-refractivity contribution in [3.63, 3.8) is 0 Å². The third-order valence-electron chi connectivity index (χ3n) is 4.41. The summed E-state index contributed by atoms with van der Waals surface area (Å²) in [5.41, 5.74) is 2.14. The van der Waals surface area contributed by atoms with Crippen LogP contribution in [0.1, 0.15) is 17.0 Å². The van der Waals surface area contributed by atoms with Gasteiger partial charge in [0.25, 0.3) is 0 Å². The molecule has 0 atom stereocenters. The van der Waals surface area contributed by atoms with Gasteiger partial charge in [-0.2, -0.15) is 14.9 Å². The van der Waals surface area contributed by atoms with Crippen molar-refractivity contribution in [3.8, 4) is 5.75 Å². The normalized spacial score (nSPS) is 11.4. The second kappa shape index (κ2) is 8.92. The number of benzene rings is 3. The summed E-state index contributed by atoms with van der Waals surface area (Å²) in [6, 6.07) is 18.8. The summed E-state index contributed by atoms with van der Waals surface area (Å²) in [5.74, 6) is 1.60. The van der Waals surface area contributed by atoms with E-state index in [-0.39, 0.29) is 0 Å². The number of rotatable bonds is 5. The highest BCUT2D eigenvalue weighted by Gasteiger charge is 2.10. The number of nitrogens with one attached hydrogen (secondary N) is 1. The molecule has 4 rings (SSSR count). The second-order valence-corrected chi connectivity index (χ2v) is 9.08. The largest absolute Gasteiger partial charge is 0.487 e. The van der Waals surface area contributed by atoms with Gasteiger partial charge in [0.2, 0.25) is 4.77 Å². The topological polar surface area (TPSA) is 55.2 Å². The lowest BCUT2D eigenvalue weighted by Gasteiger charge is -2.13. The summed E-state index contributed by atoms with van der Waals surface area (Å²) in [6.07, 6.45) is 1.77. The Morgan fingerprint density at radius 1 is 1.14 bits per heavy atom. The van der Waals surface area contributed by atoms with Crippen molar-refractivity contribution in [1.82, 2.24) is 14.9 Å². The number of hydrogen-bond donors (Lipinski definition) is 1. The third-order valence-corrected chi connectivity index (χ3v) is 6.27. The molecular formula is C21H16I2N4OS. The Morgan fingerprint density at radius 2 is 1.86 bits per heavy atom. The van der Waals surface area contributed by atoms with Crippen LogP contribution in [0.5, 0.6) is 5.75 Å². The Kier molecular flexibility index (Phi) is 6.30. The molecule has 0 radical (unpaired) electrons. The molecule has 8 heteroatoms. The summed E-state index contributed by atoms with van der Waals surface area (Å²) in [7, 11) is 0. The van der Waals surface area contributed by atoms with Gasteiger partial charge < -0.3 is 4.74 Å². The quantitative estimate of drug-likeness (QED) is 0.166. The molecule has 0 aliphatic heterocycles. The first kappa shape index (κ1) is 20.5. The number of halogens is 2. The number of fused-ring (bicyclic) bond motifs is 1. The Balaban J connectivity index is 1.57. The molecular weight excluding hydrogens is 610 g/mol. The number of aromatic nitrogens is 3. The first-order chi connectivity index (χ1) is 14.0. The van der Waals surface area contributed by atoms with Gasteiger partial charge >= 0.3 is 0 Å². The monoisotopic (exact) mass is 626 g/mol. The predicted octanol–water partition coefficient (Wildman–Crippen LogP) is 6.07. The van der Waals surface area contributed by atoms with Gasteiger partial charge in [0.05, 0.1) is 13.4 Å². The van der Waals surface area contributed by atoms with Gasteiger partial charge in [0.15, 0.2) is 0 Å². The van der Waals surface area contributed by atoms with E-state index in [4.69, 9.17) is 17.0 Å². The fraction of sp³-hybridized carbons (Fsp3) is 0.0952. The van der Waals surface area contributed by atoms with Crippen LogP contribution in [0.15, 0.2) is 59.7 Å². The van der Waals surface area contributed by atoms with Gasteiger partial charge in [-0.15, -0.1) is 0 Å². The Labute approximate surface area is 200 Å². The Hall–Kier alpha value is -1.79. The number of aryl methyl sites for hydroxylation is 1. The molecule has 0 amide bonds. The van der Waals surface area contributed by atoms with E-state index in [0.29, 0.717) is 17.2 Å². The number of H-pyrrole nitrogens is 1. The van der Waals surface area contributed by atoms with E-state index in [1.165, 1.54) is 16.3 Å². The first-order valence-electron chi connectivity index (χ1n) is 8.80. The summed E-state index contributed by atoms with van der Waals surface area (Å²) in [6.45, 7) is 2.37. The zero-order chi connectivity index (χ0) is 20.4. The molecule has 1 N–H and O–H groups in total. The number of nitrogens with zero attached hydrogens (tertiary/aromatic N) is 3. The summed E-state index contributed by atoms with van der Waals surface area (Å²) in [5, 5.41) is 13.7.